The lowest BCUT2D eigenvalue weighted by molar-refractivity contribution is -0.132. The SMILES string of the molecule is Cc1ccnc(N(C)C2CCN(CC(=O)N3CCCCCC3)C2)n1. The Balaban J connectivity index is 1.52. The first-order valence-electron chi connectivity index (χ1n) is 9.16. The Morgan fingerprint density at radius 2 is 2.00 bits per heavy atom. The minimum absolute atomic E-state index is 0.298. The minimum Gasteiger partial charge on any atom is -0.342 e. The Morgan fingerprint density at radius 1 is 1.25 bits per heavy atom. The van der Waals surface area contributed by atoms with Gasteiger partial charge in [0.1, 0.15) is 0 Å². The van der Waals surface area contributed by atoms with E-state index in [0.29, 0.717) is 18.5 Å². The van der Waals surface area contributed by atoms with Crippen LogP contribution < -0.4 is 4.90 Å². The van der Waals surface area contributed by atoms with Crippen molar-refractivity contribution in [3.63, 3.8) is 0 Å². The molecule has 1 aromatic heterocycles. The zero-order valence-corrected chi connectivity index (χ0v) is 14.9. The maximum absolute atomic E-state index is 12.5. The van der Waals surface area contributed by atoms with Gasteiger partial charge in [-0.3, -0.25) is 9.69 Å². The van der Waals surface area contributed by atoms with Crippen LogP contribution in [0, 0.1) is 6.92 Å². The lowest BCUT2D eigenvalue weighted by Gasteiger charge is -2.26. The van der Waals surface area contributed by atoms with Gasteiger partial charge in [-0.2, -0.15) is 0 Å². The molecule has 2 aliphatic rings. The molecule has 132 valence electrons. The predicted octanol–water partition coefficient (Wildman–Crippen LogP) is 1.70. The van der Waals surface area contributed by atoms with E-state index in [-0.39, 0.29) is 0 Å². The van der Waals surface area contributed by atoms with Crippen molar-refractivity contribution in [2.24, 2.45) is 0 Å². The highest BCUT2D eigenvalue weighted by Gasteiger charge is 2.29. The van der Waals surface area contributed by atoms with Crippen LogP contribution in [0.25, 0.3) is 0 Å². The minimum atomic E-state index is 0.298. The molecular weight excluding hydrogens is 302 g/mol. The number of hydrogen-bond acceptors (Lipinski definition) is 5. The Morgan fingerprint density at radius 3 is 2.71 bits per heavy atom. The molecule has 0 saturated carbocycles. The molecular formula is C18H29N5O. The molecule has 1 atom stereocenters. The molecule has 6 heteroatoms. The van der Waals surface area contributed by atoms with Crippen LogP contribution in [0.5, 0.6) is 0 Å². The van der Waals surface area contributed by atoms with Crippen molar-refractivity contribution in [1.82, 2.24) is 19.8 Å². The van der Waals surface area contributed by atoms with Gasteiger partial charge in [0, 0.05) is 51.2 Å². The fourth-order valence-electron chi connectivity index (χ4n) is 3.65. The lowest BCUT2D eigenvalue weighted by atomic mass is 10.2. The fraction of sp³-hybridized carbons (Fsp3) is 0.722. The maximum Gasteiger partial charge on any atom is 0.236 e. The molecule has 1 aromatic rings. The van der Waals surface area contributed by atoms with E-state index in [9.17, 15) is 4.79 Å². The first-order chi connectivity index (χ1) is 11.6. The van der Waals surface area contributed by atoms with Crippen LogP contribution in [0.15, 0.2) is 12.3 Å². The molecule has 0 radical (unpaired) electrons. The van der Waals surface area contributed by atoms with Gasteiger partial charge in [-0.05, 0) is 32.3 Å². The molecule has 3 rings (SSSR count). The number of hydrogen-bond donors (Lipinski definition) is 0. The number of anilines is 1. The average molecular weight is 331 g/mol. The lowest BCUT2D eigenvalue weighted by Crippen LogP contribution is -2.41. The molecule has 2 aliphatic heterocycles. The predicted molar refractivity (Wildman–Crippen MR) is 95.1 cm³/mol. The molecule has 1 amide bonds. The molecule has 2 saturated heterocycles. The van der Waals surface area contributed by atoms with Crippen LogP contribution >= 0.6 is 0 Å². The van der Waals surface area contributed by atoms with Crippen molar-refractivity contribution in [2.45, 2.75) is 45.1 Å². The van der Waals surface area contributed by atoms with Gasteiger partial charge in [0.2, 0.25) is 11.9 Å². The number of likely N-dealkylation sites (N-methyl/N-ethyl adjacent to an activating group) is 1. The van der Waals surface area contributed by atoms with Crippen molar-refractivity contribution < 1.29 is 4.79 Å². The number of nitrogens with zero attached hydrogens (tertiary/aromatic N) is 5. The topological polar surface area (TPSA) is 52.6 Å². The van der Waals surface area contributed by atoms with E-state index in [1.165, 1.54) is 12.8 Å². The van der Waals surface area contributed by atoms with Crippen molar-refractivity contribution in [3.05, 3.63) is 18.0 Å². The fourth-order valence-corrected chi connectivity index (χ4v) is 3.65. The molecule has 0 N–H and O–H groups in total. The summed E-state index contributed by atoms with van der Waals surface area (Å²) in [5, 5.41) is 0. The molecule has 0 aliphatic carbocycles. The summed E-state index contributed by atoms with van der Waals surface area (Å²) < 4.78 is 0. The highest BCUT2D eigenvalue weighted by molar-refractivity contribution is 5.78. The average Bonchev–Trinajstić information content (AvgIpc) is 2.86. The number of likely N-dealkylation sites (tertiary alicyclic amines) is 2. The second-order valence-corrected chi connectivity index (χ2v) is 7.08. The highest BCUT2D eigenvalue weighted by Crippen LogP contribution is 2.19. The van der Waals surface area contributed by atoms with E-state index in [0.717, 1.165) is 57.1 Å². The third-order valence-corrected chi connectivity index (χ3v) is 5.21. The van der Waals surface area contributed by atoms with Gasteiger partial charge in [-0.1, -0.05) is 12.8 Å². The third-order valence-electron chi connectivity index (χ3n) is 5.21. The first kappa shape index (κ1) is 17.1. The smallest absolute Gasteiger partial charge is 0.236 e. The number of carbonyl (C=O) groups excluding carboxylic acids is 1. The van der Waals surface area contributed by atoms with Crippen LogP contribution in [0.1, 0.15) is 37.8 Å². The number of aryl methyl sites for hydroxylation is 1. The maximum atomic E-state index is 12.5. The van der Waals surface area contributed by atoms with Crippen LogP contribution in [-0.4, -0.2) is 71.5 Å². The van der Waals surface area contributed by atoms with E-state index in [2.05, 4.69) is 31.7 Å². The first-order valence-corrected chi connectivity index (χ1v) is 9.16. The summed E-state index contributed by atoms with van der Waals surface area (Å²) in [5.41, 5.74) is 0.984. The summed E-state index contributed by atoms with van der Waals surface area (Å²) in [6.07, 6.45) is 7.70. The van der Waals surface area contributed by atoms with Gasteiger partial charge in [0.15, 0.2) is 0 Å². The molecule has 0 spiro atoms. The van der Waals surface area contributed by atoms with Gasteiger partial charge in [-0.15, -0.1) is 0 Å². The number of rotatable bonds is 4. The molecule has 24 heavy (non-hydrogen) atoms. The zero-order chi connectivity index (χ0) is 16.9. The molecule has 6 nitrogen and oxygen atoms in total. The van der Waals surface area contributed by atoms with Crippen LogP contribution in [0.3, 0.4) is 0 Å². The zero-order valence-electron chi connectivity index (χ0n) is 14.9. The van der Waals surface area contributed by atoms with Crippen molar-refractivity contribution in [3.8, 4) is 0 Å². The van der Waals surface area contributed by atoms with Crippen molar-refractivity contribution in [2.75, 3.05) is 44.7 Å². The van der Waals surface area contributed by atoms with Gasteiger partial charge in [0.25, 0.3) is 0 Å². The molecule has 0 aromatic carbocycles. The third kappa shape index (κ3) is 4.23. The number of carbonyl (C=O) groups is 1. The van der Waals surface area contributed by atoms with E-state index in [4.69, 9.17) is 0 Å². The van der Waals surface area contributed by atoms with Crippen LogP contribution in [-0.2, 0) is 4.79 Å². The van der Waals surface area contributed by atoms with Gasteiger partial charge in [-0.25, -0.2) is 9.97 Å². The van der Waals surface area contributed by atoms with Crippen molar-refractivity contribution >= 4 is 11.9 Å². The van der Waals surface area contributed by atoms with Gasteiger partial charge in [0.05, 0.1) is 6.54 Å². The van der Waals surface area contributed by atoms with E-state index in [1.807, 2.05) is 19.2 Å². The van der Waals surface area contributed by atoms with Crippen LogP contribution in [0.4, 0.5) is 5.95 Å². The summed E-state index contributed by atoms with van der Waals surface area (Å²) in [7, 11) is 2.06. The molecule has 1 unspecified atom stereocenters. The summed E-state index contributed by atoms with van der Waals surface area (Å²) >= 11 is 0. The van der Waals surface area contributed by atoms with Crippen molar-refractivity contribution in [1.29, 1.82) is 0 Å². The van der Waals surface area contributed by atoms with Gasteiger partial charge >= 0.3 is 0 Å². The molecule has 3 heterocycles. The second-order valence-electron chi connectivity index (χ2n) is 7.08. The monoisotopic (exact) mass is 331 g/mol. The summed E-state index contributed by atoms with van der Waals surface area (Å²) in [4.78, 5) is 27.9. The highest BCUT2D eigenvalue weighted by atomic mass is 16.2. The summed E-state index contributed by atoms with van der Waals surface area (Å²) in [6.45, 7) is 6.30. The summed E-state index contributed by atoms with van der Waals surface area (Å²) in [5.74, 6) is 1.08. The Kier molecular flexibility index (Phi) is 5.66. The van der Waals surface area contributed by atoms with E-state index >= 15 is 0 Å². The standard InChI is InChI=1S/C18H29N5O/c1-15-7-9-19-18(20-15)21(2)16-8-12-22(13-16)14-17(24)23-10-5-3-4-6-11-23/h7,9,16H,3-6,8,10-14H2,1-2H3. The Bertz CT molecular complexity index is 556. The normalized spacial score (nSPS) is 22.4. The number of amides is 1. The van der Waals surface area contributed by atoms with E-state index in [1.54, 1.807) is 0 Å². The molecule has 0 bridgehead atoms. The van der Waals surface area contributed by atoms with E-state index < -0.39 is 0 Å². The van der Waals surface area contributed by atoms with Gasteiger partial charge < -0.3 is 9.80 Å². The summed E-state index contributed by atoms with van der Waals surface area (Å²) in [6, 6.07) is 2.29. The quantitative estimate of drug-likeness (QED) is 0.840. The van der Waals surface area contributed by atoms with Crippen LogP contribution in [0.2, 0.25) is 0 Å². The largest absolute Gasteiger partial charge is 0.342 e. The Labute approximate surface area is 144 Å². The second kappa shape index (κ2) is 7.92. The molecule has 2 fully saturated rings. The number of aromatic nitrogens is 2. The Hall–Kier alpha value is -1.69.